The molecule has 1 atom stereocenters. The van der Waals surface area contributed by atoms with Gasteiger partial charge in [0.2, 0.25) is 0 Å². The lowest BCUT2D eigenvalue weighted by molar-refractivity contribution is 0.0519. The maximum absolute atomic E-state index is 12.7. The minimum absolute atomic E-state index is 0.147. The van der Waals surface area contributed by atoms with Crippen LogP contribution in [0.5, 0.6) is 0 Å². The third-order valence-electron chi connectivity index (χ3n) is 3.69. The number of aldehydes is 1. The molecule has 2 amide bonds. The van der Waals surface area contributed by atoms with Gasteiger partial charge in [-0.3, -0.25) is 9.59 Å². The predicted molar refractivity (Wildman–Crippen MR) is 103 cm³/mol. The minimum atomic E-state index is -0.613. The molecule has 0 aromatic heterocycles. The molecule has 0 aliphatic heterocycles. The van der Waals surface area contributed by atoms with Gasteiger partial charge in [-0.1, -0.05) is 48.5 Å². The normalized spacial score (nSPS) is 12.0. The van der Waals surface area contributed by atoms with Crippen LogP contribution in [0.3, 0.4) is 0 Å². The molecule has 27 heavy (non-hydrogen) atoms. The van der Waals surface area contributed by atoms with Gasteiger partial charge in [0.15, 0.2) is 6.29 Å². The summed E-state index contributed by atoms with van der Waals surface area (Å²) in [5, 5.41) is 5.55. The van der Waals surface area contributed by atoms with E-state index in [9.17, 15) is 14.4 Å². The van der Waals surface area contributed by atoms with Crippen molar-refractivity contribution in [3.05, 3.63) is 71.3 Å². The summed E-state index contributed by atoms with van der Waals surface area (Å²) in [4.78, 5) is 35.8. The van der Waals surface area contributed by atoms with Gasteiger partial charge in [0.05, 0.1) is 6.04 Å². The van der Waals surface area contributed by atoms with Crippen LogP contribution in [0.15, 0.2) is 54.6 Å². The molecule has 6 nitrogen and oxygen atoms in total. The van der Waals surface area contributed by atoms with Gasteiger partial charge in [0, 0.05) is 17.7 Å². The van der Waals surface area contributed by atoms with Crippen molar-refractivity contribution in [2.24, 2.45) is 0 Å². The highest BCUT2D eigenvalue weighted by atomic mass is 16.6. The first-order valence-electron chi connectivity index (χ1n) is 8.67. The molecule has 0 unspecified atom stereocenters. The van der Waals surface area contributed by atoms with E-state index < -0.39 is 23.6 Å². The maximum atomic E-state index is 12.7. The van der Waals surface area contributed by atoms with Gasteiger partial charge in [-0.25, -0.2) is 4.79 Å². The number of hydrogen-bond acceptors (Lipinski definition) is 4. The summed E-state index contributed by atoms with van der Waals surface area (Å²) in [6.45, 7) is 5.48. The lowest BCUT2D eigenvalue weighted by Crippen LogP contribution is -2.40. The van der Waals surface area contributed by atoms with E-state index in [1.807, 2.05) is 30.3 Å². The quantitative estimate of drug-likeness (QED) is 0.765. The number of rotatable bonds is 6. The fourth-order valence-electron chi connectivity index (χ4n) is 2.48. The number of carbonyl (C=O) groups excluding carboxylic acids is 3. The standard InChI is InChI=1S/C21H24N2O4/c1-21(2,3)27-20(26)22-13-18(15-9-5-4-6-10-15)23-19(25)17-12-8-7-11-16(17)14-24/h4-12,14,18H,13H2,1-3H3,(H,22,26)(H,23,25)/t18-/m1/s1. The van der Waals surface area contributed by atoms with Gasteiger partial charge >= 0.3 is 6.09 Å². The molecule has 2 aromatic carbocycles. The molecule has 0 saturated heterocycles. The molecule has 2 rings (SSSR count). The van der Waals surface area contributed by atoms with Crippen molar-refractivity contribution in [1.29, 1.82) is 0 Å². The summed E-state index contributed by atoms with van der Waals surface area (Å²) in [5.74, 6) is -0.391. The van der Waals surface area contributed by atoms with Gasteiger partial charge in [-0.05, 0) is 32.4 Å². The molecule has 6 heteroatoms. The summed E-state index contributed by atoms with van der Waals surface area (Å²) >= 11 is 0. The van der Waals surface area contributed by atoms with Crippen molar-refractivity contribution in [1.82, 2.24) is 10.6 Å². The largest absolute Gasteiger partial charge is 0.444 e. The highest BCUT2D eigenvalue weighted by molar-refractivity contribution is 6.01. The van der Waals surface area contributed by atoms with E-state index in [1.165, 1.54) is 0 Å². The van der Waals surface area contributed by atoms with Crippen molar-refractivity contribution in [2.75, 3.05) is 6.54 Å². The molecule has 0 spiro atoms. The van der Waals surface area contributed by atoms with Crippen LogP contribution in [0.4, 0.5) is 4.79 Å². The number of nitrogens with one attached hydrogen (secondary N) is 2. The Morgan fingerprint density at radius 3 is 2.30 bits per heavy atom. The maximum Gasteiger partial charge on any atom is 0.407 e. The number of alkyl carbamates (subject to hydrolysis) is 1. The highest BCUT2D eigenvalue weighted by Crippen LogP contribution is 2.15. The first-order chi connectivity index (χ1) is 12.8. The lowest BCUT2D eigenvalue weighted by Gasteiger charge is -2.23. The van der Waals surface area contributed by atoms with Crippen LogP contribution in [0.1, 0.15) is 53.1 Å². The van der Waals surface area contributed by atoms with Gasteiger partial charge in [-0.2, -0.15) is 0 Å². The van der Waals surface area contributed by atoms with Crippen molar-refractivity contribution in [2.45, 2.75) is 32.4 Å². The molecule has 0 aliphatic carbocycles. The monoisotopic (exact) mass is 368 g/mol. The van der Waals surface area contributed by atoms with E-state index in [-0.39, 0.29) is 12.1 Å². The zero-order chi connectivity index (χ0) is 19.9. The third-order valence-corrected chi connectivity index (χ3v) is 3.69. The van der Waals surface area contributed by atoms with Crippen LogP contribution in [-0.4, -0.2) is 30.4 Å². The fourth-order valence-corrected chi connectivity index (χ4v) is 2.48. The van der Waals surface area contributed by atoms with Gasteiger partial charge in [0.1, 0.15) is 5.60 Å². The van der Waals surface area contributed by atoms with Crippen LogP contribution >= 0.6 is 0 Å². The molecular weight excluding hydrogens is 344 g/mol. The number of amides is 2. The fraction of sp³-hybridized carbons (Fsp3) is 0.286. The zero-order valence-corrected chi connectivity index (χ0v) is 15.7. The molecule has 0 bridgehead atoms. The van der Waals surface area contributed by atoms with Gasteiger partial charge in [0.25, 0.3) is 5.91 Å². The number of benzene rings is 2. The van der Waals surface area contributed by atoms with E-state index in [0.717, 1.165) is 5.56 Å². The molecule has 0 fully saturated rings. The zero-order valence-electron chi connectivity index (χ0n) is 15.7. The first-order valence-corrected chi connectivity index (χ1v) is 8.67. The highest BCUT2D eigenvalue weighted by Gasteiger charge is 2.21. The lowest BCUT2D eigenvalue weighted by atomic mass is 10.0. The summed E-state index contributed by atoms with van der Waals surface area (Å²) in [6, 6.07) is 15.3. The second-order valence-electron chi connectivity index (χ2n) is 7.02. The molecule has 0 heterocycles. The van der Waals surface area contributed by atoms with Crippen molar-refractivity contribution in [3.63, 3.8) is 0 Å². The van der Waals surface area contributed by atoms with Crippen LogP contribution < -0.4 is 10.6 Å². The summed E-state index contributed by atoms with van der Waals surface area (Å²) in [7, 11) is 0. The Morgan fingerprint density at radius 1 is 1.04 bits per heavy atom. The topological polar surface area (TPSA) is 84.5 Å². The van der Waals surface area contributed by atoms with E-state index in [2.05, 4.69) is 10.6 Å². The smallest absolute Gasteiger partial charge is 0.407 e. The van der Waals surface area contributed by atoms with E-state index in [1.54, 1.807) is 45.0 Å². The SMILES string of the molecule is CC(C)(C)OC(=O)NC[C@@H](NC(=O)c1ccccc1C=O)c1ccccc1. The van der Waals surface area contributed by atoms with Gasteiger partial charge < -0.3 is 15.4 Å². The van der Waals surface area contributed by atoms with E-state index >= 15 is 0 Å². The average Bonchev–Trinajstić information content (AvgIpc) is 2.64. The Hall–Kier alpha value is -3.15. The summed E-state index contributed by atoms with van der Waals surface area (Å²) in [6.07, 6.45) is 0.0803. The first kappa shape index (κ1) is 20.2. The molecule has 0 saturated carbocycles. The van der Waals surface area contributed by atoms with Gasteiger partial charge in [-0.15, -0.1) is 0 Å². The second-order valence-corrected chi connectivity index (χ2v) is 7.02. The molecule has 2 aromatic rings. The Balaban J connectivity index is 2.15. The average molecular weight is 368 g/mol. The number of hydrogen-bond donors (Lipinski definition) is 2. The second kappa shape index (κ2) is 8.98. The van der Waals surface area contributed by atoms with Crippen LogP contribution in [0, 0.1) is 0 Å². The summed E-state index contributed by atoms with van der Waals surface area (Å²) in [5.41, 5.74) is 0.802. The Kier molecular flexibility index (Phi) is 6.71. The number of ether oxygens (including phenoxy) is 1. The molecule has 0 aliphatic rings. The predicted octanol–water partition coefficient (Wildman–Crippen LogP) is 3.49. The van der Waals surface area contributed by atoms with E-state index in [4.69, 9.17) is 4.74 Å². The Morgan fingerprint density at radius 2 is 1.67 bits per heavy atom. The molecule has 0 radical (unpaired) electrons. The molecule has 2 N–H and O–H groups in total. The van der Waals surface area contributed by atoms with Crippen molar-refractivity contribution in [3.8, 4) is 0 Å². The van der Waals surface area contributed by atoms with Crippen LogP contribution in [-0.2, 0) is 4.74 Å². The van der Waals surface area contributed by atoms with E-state index in [0.29, 0.717) is 11.8 Å². The Labute approximate surface area is 158 Å². The third kappa shape index (κ3) is 6.26. The van der Waals surface area contributed by atoms with Crippen molar-refractivity contribution >= 4 is 18.3 Å². The van der Waals surface area contributed by atoms with Crippen LogP contribution in [0.2, 0.25) is 0 Å². The summed E-state index contributed by atoms with van der Waals surface area (Å²) < 4.78 is 5.24. The molecular formula is C21H24N2O4. The number of carbonyl (C=O) groups is 3. The molecule has 142 valence electrons. The minimum Gasteiger partial charge on any atom is -0.444 e. The van der Waals surface area contributed by atoms with Crippen molar-refractivity contribution < 1.29 is 19.1 Å². The van der Waals surface area contributed by atoms with Crippen LogP contribution in [0.25, 0.3) is 0 Å². The Bertz CT molecular complexity index is 797.